The average Bonchev–Trinajstić information content (AvgIpc) is 2.17. The van der Waals surface area contributed by atoms with Gasteiger partial charge in [-0.15, -0.1) is 0 Å². The Labute approximate surface area is 77.6 Å². The van der Waals surface area contributed by atoms with Gasteiger partial charge >= 0.3 is 0 Å². The van der Waals surface area contributed by atoms with Gasteiger partial charge in [0.2, 0.25) is 0 Å². The summed E-state index contributed by atoms with van der Waals surface area (Å²) >= 11 is 0. The van der Waals surface area contributed by atoms with Crippen molar-refractivity contribution in [1.29, 1.82) is 0 Å². The number of aromatic nitrogens is 1. The maximum atomic E-state index is 9.65. The summed E-state index contributed by atoms with van der Waals surface area (Å²) in [5, 5.41) is 9.65. The molecule has 4 heteroatoms. The quantitative estimate of drug-likeness (QED) is 0.631. The Morgan fingerprint density at radius 3 is 2.69 bits per heavy atom. The van der Waals surface area contributed by atoms with E-state index in [1.807, 2.05) is 6.92 Å². The molecule has 0 saturated carbocycles. The highest BCUT2D eigenvalue weighted by Crippen LogP contribution is 2.15. The molecule has 0 aliphatic rings. The van der Waals surface area contributed by atoms with Crippen molar-refractivity contribution in [2.45, 2.75) is 25.5 Å². The first-order chi connectivity index (χ1) is 6.15. The van der Waals surface area contributed by atoms with E-state index in [0.29, 0.717) is 17.8 Å². The van der Waals surface area contributed by atoms with Crippen molar-refractivity contribution in [3.8, 4) is 0 Å². The number of nitrogen functional groups attached to an aromatic ring is 1. The SMILES string of the molecule is CC[C@H](N)[C@@H](O)c1ccc(N)cn1. The summed E-state index contributed by atoms with van der Waals surface area (Å²) in [6.45, 7) is 1.92. The molecule has 13 heavy (non-hydrogen) atoms. The number of pyridine rings is 1. The molecule has 0 bridgehead atoms. The second-order valence-electron chi connectivity index (χ2n) is 3.03. The lowest BCUT2D eigenvalue weighted by Crippen LogP contribution is -2.27. The van der Waals surface area contributed by atoms with Crippen molar-refractivity contribution in [3.63, 3.8) is 0 Å². The van der Waals surface area contributed by atoms with Crippen LogP contribution >= 0.6 is 0 Å². The zero-order chi connectivity index (χ0) is 9.84. The van der Waals surface area contributed by atoms with Gasteiger partial charge in [0.25, 0.3) is 0 Å². The largest absolute Gasteiger partial charge is 0.397 e. The standard InChI is InChI=1S/C9H15N3O/c1-2-7(11)9(13)8-4-3-6(10)5-12-8/h3-5,7,9,13H,2,10-11H2,1H3/t7-,9+/m0/s1. The predicted octanol–water partition coefficient (Wildman–Crippen LogP) is 0.434. The van der Waals surface area contributed by atoms with Crippen LogP contribution in [0.15, 0.2) is 18.3 Å². The number of aliphatic hydroxyl groups is 1. The Hall–Kier alpha value is -1.13. The molecular weight excluding hydrogens is 166 g/mol. The van der Waals surface area contributed by atoms with Crippen molar-refractivity contribution in [2.75, 3.05) is 5.73 Å². The van der Waals surface area contributed by atoms with Crippen LogP contribution in [-0.4, -0.2) is 16.1 Å². The Bertz CT molecular complexity index is 260. The van der Waals surface area contributed by atoms with Gasteiger partial charge in [0, 0.05) is 6.04 Å². The van der Waals surface area contributed by atoms with Gasteiger partial charge in [0.1, 0.15) is 6.10 Å². The van der Waals surface area contributed by atoms with Crippen LogP contribution in [0.1, 0.15) is 25.1 Å². The monoisotopic (exact) mass is 181 g/mol. The molecule has 0 aromatic carbocycles. The van der Waals surface area contributed by atoms with Gasteiger partial charge in [-0.25, -0.2) is 0 Å². The van der Waals surface area contributed by atoms with Crippen LogP contribution in [0, 0.1) is 0 Å². The Kier molecular flexibility index (Phi) is 3.22. The summed E-state index contributed by atoms with van der Waals surface area (Å²) in [5.74, 6) is 0. The zero-order valence-corrected chi connectivity index (χ0v) is 7.64. The van der Waals surface area contributed by atoms with E-state index >= 15 is 0 Å². The second-order valence-corrected chi connectivity index (χ2v) is 3.03. The molecule has 1 aromatic rings. The molecule has 1 aromatic heterocycles. The predicted molar refractivity (Wildman–Crippen MR) is 51.9 cm³/mol. The lowest BCUT2D eigenvalue weighted by Gasteiger charge is -2.16. The Morgan fingerprint density at radius 1 is 1.54 bits per heavy atom. The summed E-state index contributed by atoms with van der Waals surface area (Å²) in [4.78, 5) is 3.99. The Morgan fingerprint density at radius 2 is 2.23 bits per heavy atom. The molecule has 0 fully saturated rings. The lowest BCUT2D eigenvalue weighted by atomic mass is 10.1. The van der Waals surface area contributed by atoms with Gasteiger partial charge in [-0.2, -0.15) is 0 Å². The van der Waals surface area contributed by atoms with E-state index in [1.165, 1.54) is 6.20 Å². The smallest absolute Gasteiger partial charge is 0.111 e. The molecule has 5 N–H and O–H groups in total. The second kappa shape index (κ2) is 4.20. The fraction of sp³-hybridized carbons (Fsp3) is 0.444. The molecule has 0 unspecified atom stereocenters. The first kappa shape index (κ1) is 9.95. The highest BCUT2D eigenvalue weighted by molar-refractivity contribution is 5.35. The zero-order valence-electron chi connectivity index (χ0n) is 7.64. The third-order valence-corrected chi connectivity index (χ3v) is 1.99. The molecule has 1 rings (SSSR count). The van der Waals surface area contributed by atoms with Gasteiger partial charge < -0.3 is 16.6 Å². The van der Waals surface area contributed by atoms with Crippen LogP contribution in [-0.2, 0) is 0 Å². The van der Waals surface area contributed by atoms with Gasteiger partial charge in [-0.1, -0.05) is 6.92 Å². The van der Waals surface area contributed by atoms with Gasteiger partial charge in [0.15, 0.2) is 0 Å². The third kappa shape index (κ3) is 2.40. The van der Waals surface area contributed by atoms with E-state index in [2.05, 4.69) is 4.98 Å². The van der Waals surface area contributed by atoms with Gasteiger partial charge in [-0.3, -0.25) is 4.98 Å². The van der Waals surface area contributed by atoms with E-state index in [0.717, 1.165) is 0 Å². The van der Waals surface area contributed by atoms with Crippen molar-refractivity contribution in [2.24, 2.45) is 5.73 Å². The maximum Gasteiger partial charge on any atom is 0.111 e. The van der Waals surface area contributed by atoms with Crippen molar-refractivity contribution >= 4 is 5.69 Å². The maximum absolute atomic E-state index is 9.65. The molecular formula is C9H15N3O. The van der Waals surface area contributed by atoms with E-state index in [9.17, 15) is 5.11 Å². The van der Waals surface area contributed by atoms with Crippen LogP contribution in [0.4, 0.5) is 5.69 Å². The summed E-state index contributed by atoms with van der Waals surface area (Å²) in [5.41, 5.74) is 12.3. The summed E-state index contributed by atoms with van der Waals surface area (Å²) in [7, 11) is 0. The molecule has 4 nitrogen and oxygen atoms in total. The fourth-order valence-corrected chi connectivity index (χ4v) is 1.03. The van der Waals surface area contributed by atoms with Crippen molar-refractivity contribution < 1.29 is 5.11 Å². The molecule has 2 atom stereocenters. The van der Waals surface area contributed by atoms with Gasteiger partial charge in [0.05, 0.1) is 17.6 Å². The Balaban J connectivity index is 2.77. The summed E-state index contributed by atoms with van der Waals surface area (Å²) in [6.07, 6.45) is 1.53. The first-order valence-corrected chi connectivity index (χ1v) is 4.30. The highest BCUT2D eigenvalue weighted by Gasteiger charge is 2.15. The first-order valence-electron chi connectivity index (χ1n) is 4.30. The molecule has 0 amide bonds. The summed E-state index contributed by atoms with van der Waals surface area (Å²) < 4.78 is 0. The van der Waals surface area contributed by atoms with Gasteiger partial charge in [-0.05, 0) is 18.6 Å². The van der Waals surface area contributed by atoms with Crippen molar-refractivity contribution in [1.82, 2.24) is 4.98 Å². The number of hydrogen-bond donors (Lipinski definition) is 3. The number of aliphatic hydroxyl groups excluding tert-OH is 1. The van der Waals surface area contributed by atoms with E-state index in [4.69, 9.17) is 11.5 Å². The molecule has 0 saturated heterocycles. The molecule has 72 valence electrons. The minimum absolute atomic E-state index is 0.267. The van der Waals surface area contributed by atoms with E-state index in [-0.39, 0.29) is 6.04 Å². The topological polar surface area (TPSA) is 85.2 Å². The van der Waals surface area contributed by atoms with Crippen LogP contribution in [0.2, 0.25) is 0 Å². The van der Waals surface area contributed by atoms with E-state index < -0.39 is 6.10 Å². The minimum atomic E-state index is -0.703. The van der Waals surface area contributed by atoms with Crippen molar-refractivity contribution in [3.05, 3.63) is 24.0 Å². The van der Waals surface area contributed by atoms with E-state index in [1.54, 1.807) is 12.1 Å². The molecule has 0 radical (unpaired) electrons. The number of anilines is 1. The number of nitrogens with zero attached hydrogens (tertiary/aromatic N) is 1. The molecule has 1 heterocycles. The average molecular weight is 181 g/mol. The minimum Gasteiger partial charge on any atom is -0.397 e. The number of nitrogens with two attached hydrogens (primary N) is 2. The number of hydrogen-bond acceptors (Lipinski definition) is 4. The van der Waals surface area contributed by atoms with Crippen LogP contribution < -0.4 is 11.5 Å². The molecule has 0 aliphatic heterocycles. The third-order valence-electron chi connectivity index (χ3n) is 1.99. The normalized spacial score (nSPS) is 15.3. The highest BCUT2D eigenvalue weighted by atomic mass is 16.3. The molecule has 0 spiro atoms. The van der Waals surface area contributed by atoms with Crippen LogP contribution in [0.5, 0.6) is 0 Å². The van der Waals surface area contributed by atoms with Crippen LogP contribution in [0.25, 0.3) is 0 Å². The fourth-order valence-electron chi connectivity index (χ4n) is 1.03. The lowest BCUT2D eigenvalue weighted by molar-refractivity contribution is 0.140. The summed E-state index contributed by atoms with van der Waals surface area (Å²) in [6, 6.07) is 3.12. The molecule has 0 aliphatic carbocycles. The number of rotatable bonds is 3. The van der Waals surface area contributed by atoms with Crippen LogP contribution in [0.3, 0.4) is 0 Å².